The number of aliphatic hydroxyl groups is 2. The van der Waals surface area contributed by atoms with E-state index in [1.807, 2.05) is 6.92 Å². The van der Waals surface area contributed by atoms with E-state index in [4.69, 9.17) is 19.5 Å². The van der Waals surface area contributed by atoms with Gasteiger partial charge >= 0.3 is 13.8 Å². The van der Waals surface area contributed by atoms with E-state index in [9.17, 15) is 24.5 Å². The maximum Gasteiger partial charge on any atom is 0.529 e. The van der Waals surface area contributed by atoms with Crippen molar-refractivity contribution in [1.29, 1.82) is 0 Å². The van der Waals surface area contributed by atoms with Gasteiger partial charge in [-0.25, -0.2) is 24.3 Å². The van der Waals surface area contributed by atoms with Gasteiger partial charge in [-0.05, 0) is 31.9 Å². The maximum absolute atomic E-state index is 12.5. The fourth-order valence-electron chi connectivity index (χ4n) is 4.00. The second-order valence-corrected chi connectivity index (χ2v) is 9.42. The minimum Gasteiger partial charge on any atom is -0.387 e. The number of phosphoric ester groups is 1. The van der Waals surface area contributed by atoms with E-state index in [2.05, 4.69) is 15.0 Å². The fraction of sp³-hybridized carbons (Fsp3) is 0.400. The molecule has 0 aliphatic carbocycles. The number of nitrogen functional groups attached to an aromatic ring is 1. The number of carbonyl (C=O) groups is 1. The highest BCUT2D eigenvalue weighted by atomic mass is 31.2. The normalized spacial score (nSPS) is 24.3. The molecule has 0 radical (unpaired) electrons. The van der Waals surface area contributed by atoms with Crippen LogP contribution in [0.5, 0.6) is 0 Å². The van der Waals surface area contributed by atoms with Crippen molar-refractivity contribution in [2.24, 2.45) is 0 Å². The number of hydrogen-bond acceptors (Lipinski definition) is 11. The summed E-state index contributed by atoms with van der Waals surface area (Å²) in [7, 11) is -4.87. The number of hydrogen-bond donors (Lipinski definition) is 4. The van der Waals surface area contributed by atoms with Gasteiger partial charge in [0.1, 0.15) is 30.2 Å². The summed E-state index contributed by atoms with van der Waals surface area (Å²) >= 11 is 0. The van der Waals surface area contributed by atoms with Crippen molar-refractivity contribution in [3.05, 3.63) is 47.0 Å². The first kappa shape index (κ1) is 24.2. The predicted octanol–water partition coefficient (Wildman–Crippen LogP) is 0.927. The third kappa shape index (κ3) is 4.53. The number of aromatic nitrogens is 4. The van der Waals surface area contributed by atoms with Gasteiger partial charge < -0.3 is 25.2 Å². The Morgan fingerprint density at radius 3 is 2.53 bits per heavy atom. The largest absolute Gasteiger partial charge is 0.529 e. The molecule has 4 rings (SSSR count). The monoisotopic (exact) mass is 493 g/mol. The average Bonchev–Trinajstić information content (AvgIpc) is 3.28. The summed E-state index contributed by atoms with van der Waals surface area (Å²) in [4.78, 5) is 34.5. The second kappa shape index (κ2) is 9.02. The van der Waals surface area contributed by atoms with E-state index in [1.54, 1.807) is 26.0 Å². The highest BCUT2D eigenvalue weighted by molar-refractivity contribution is 7.48. The van der Waals surface area contributed by atoms with Gasteiger partial charge in [-0.2, -0.15) is 0 Å². The molecular weight excluding hydrogens is 469 g/mol. The zero-order chi connectivity index (χ0) is 24.8. The minimum absolute atomic E-state index is 0.124. The quantitative estimate of drug-likeness (QED) is 0.356. The summed E-state index contributed by atoms with van der Waals surface area (Å²) in [6.45, 7) is 4.58. The van der Waals surface area contributed by atoms with Crippen LogP contribution in [0, 0.1) is 20.8 Å². The van der Waals surface area contributed by atoms with Crippen LogP contribution < -0.4 is 5.73 Å². The van der Waals surface area contributed by atoms with Crippen LogP contribution >= 0.6 is 7.82 Å². The number of anilines is 1. The summed E-state index contributed by atoms with van der Waals surface area (Å²) < 4.78 is 29.0. The highest BCUT2D eigenvalue weighted by Gasteiger charge is 2.45. The molecule has 0 bridgehead atoms. The molecule has 5 atom stereocenters. The highest BCUT2D eigenvalue weighted by Crippen LogP contribution is 2.45. The molecule has 3 heterocycles. The predicted molar refractivity (Wildman–Crippen MR) is 118 cm³/mol. The smallest absolute Gasteiger partial charge is 0.387 e. The molecule has 1 saturated heterocycles. The summed E-state index contributed by atoms with van der Waals surface area (Å²) in [6.07, 6.45) is -2.77. The number of aryl methyl sites for hydroxylation is 3. The Morgan fingerprint density at radius 2 is 1.85 bits per heavy atom. The van der Waals surface area contributed by atoms with Gasteiger partial charge in [-0.1, -0.05) is 17.7 Å². The van der Waals surface area contributed by atoms with Crippen LogP contribution in [0.1, 0.15) is 33.3 Å². The minimum atomic E-state index is -4.87. The number of rotatable bonds is 6. The van der Waals surface area contributed by atoms with Crippen LogP contribution in [0.15, 0.2) is 24.8 Å². The first-order valence-electron chi connectivity index (χ1n) is 10.2. The van der Waals surface area contributed by atoms with Crippen molar-refractivity contribution < 1.29 is 38.3 Å². The van der Waals surface area contributed by atoms with E-state index in [0.717, 1.165) is 5.56 Å². The number of imidazole rings is 1. The van der Waals surface area contributed by atoms with Crippen molar-refractivity contribution in [1.82, 2.24) is 19.5 Å². The molecule has 1 fully saturated rings. The van der Waals surface area contributed by atoms with Crippen LogP contribution in [0.25, 0.3) is 11.2 Å². The van der Waals surface area contributed by atoms with Crippen molar-refractivity contribution >= 4 is 30.8 Å². The van der Waals surface area contributed by atoms with Crippen molar-refractivity contribution in [2.75, 3.05) is 12.3 Å². The maximum atomic E-state index is 12.5. The van der Waals surface area contributed by atoms with Crippen LogP contribution in [0.3, 0.4) is 0 Å². The SMILES string of the molecule is Cc1cc(C)c(C(=O)OP(=O)(O)OC[C@H]2O[C@@H](n3cnc4c(N)ncnc43)[C@H](O)[C@@H]2O)c(C)c1. The summed E-state index contributed by atoms with van der Waals surface area (Å²) in [6, 6.07) is 3.49. The topological polar surface area (TPSA) is 192 Å². The van der Waals surface area contributed by atoms with Gasteiger partial charge in [0.25, 0.3) is 0 Å². The Bertz CT molecular complexity index is 1270. The summed E-state index contributed by atoms with van der Waals surface area (Å²) in [5.74, 6) is -0.896. The lowest BCUT2D eigenvalue weighted by Crippen LogP contribution is -2.33. The molecule has 1 aliphatic heterocycles. The Labute approximate surface area is 193 Å². The number of phosphoric acid groups is 1. The number of carbonyl (C=O) groups excluding carboxylic acids is 1. The third-order valence-electron chi connectivity index (χ3n) is 5.48. The van der Waals surface area contributed by atoms with Crippen molar-refractivity contribution in [2.45, 2.75) is 45.3 Å². The molecule has 34 heavy (non-hydrogen) atoms. The molecule has 1 unspecified atom stereocenters. The van der Waals surface area contributed by atoms with E-state index in [-0.39, 0.29) is 22.5 Å². The first-order valence-corrected chi connectivity index (χ1v) is 11.7. The van der Waals surface area contributed by atoms with Gasteiger partial charge in [0, 0.05) is 0 Å². The molecule has 1 aromatic carbocycles. The van der Waals surface area contributed by atoms with E-state index in [0.29, 0.717) is 11.1 Å². The molecule has 2 aromatic heterocycles. The second-order valence-electron chi connectivity index (χ2n) is 8.05. The zero-order valence-corrected chi connectivity index (χ0v) is 19.4. The Balaban J connectivity index is 1.44. The van der Waals surface area contributed by atoms with E-state index < -0.39 is 44.9 Å². The molecule has 0 amide bonds. The first-order chi connectivity index (χ1) is 16.0. The summed E-state index contributed by atoms with van der Waals surface area (Å²) in [5, 5.41) is 20.8. The van der Waals surface area contributed by atoms with Crippen molar-refractivity contribution in [3.63, 3.8) is 0 Å². The lowest BCUT2D eigenvalue weighted by Gasteiger charge is -2.18. The van der Waals surface area contributed by atoms with Gasteiger partial charge in [0.15, 0.2) is 17.7 Å². The standard InChI is InChI=1S/C20H24N5O8P/c1-9-4-10(2)13(11(3)5-9)20(28)33-34(29,30)31-6-12-15(26)16(27)19(32-12)25-8-24-14-17(21)22-7-23-18(14)25/h4-5,7-8,12,15-16,19,26-27H,6H2,1-3H3,(H,29,30)(H2,21,22,23)/t12-,15-,16-,19-/m1/s1. The summed E-state index contributed by atoms with van der Waals surface area (Å²) in [5.41, 5.74) is 8.55. The Kier molecular flexibility index (Phi) is 6.42. The number of nitrogens with zero attached hydrogens (tertiary/aromatic N) is 4. The molecule has 182 valence electrons. The number of benzene rings is 1. The van der Waals surface area contributed by atoms with Crippen molar-refractivity contribution in [3.8, 4) is 0 Å². The van der Waals surface area contributed by atoms with Gasteiger partial charge in [0.2, 0.25) is 0 Å². The molecule has 3 aromatic rings. The van der Waals surface area contributed by atoms with Gasteiger partial charge in [0.05, 0.1) is 18.5 Å². The Morgan fingerprint density at radius 1 is 1.18 bits per heavy atom. The molecule has 13 nitrogen and oxygen atoms in total. The lowest BCUT2D eigenvalue weighted by molar-refractivity contribution is -0.0508. The van der Waals surface area contributed by atoms with E-state index >= 15 is 0 Å². The zero-order valence-electron chi connectivity index (χ0n) is 18.5. The van der Waals surface area contributed by atoms with Gasteiger partial charge in [-0.3, -0.25) is 14.0 Å². The lowest BCUT2D eigenvalue weighted by atomic mass is 10.0. The van der Waals surface area contributed by atoms with Crippen LogP contribution in [-0.4, -0.2) is 65.5 Å². The molecule has 14 heteroatoms. The Hall–Kier alpha value is -2.93. The number of fused-ring (bicyclic) bond motifs is 1. The van der Waals surface area contributed by atoms with Crippen LogP contribution in [0.4, 0.5) is 5.82 Å². The number of aliphatic hydroxyl groups excluding tert-OH is 2. The van der Waals surface area contributed by atoms with Crippen LogP contribution in [-0.2, 0) is 18.3 Å². The molecule has 0 spiro atoms. The molecular formula is C20H24N5O8P. The van der Waals surface area contributed by atoms with Gasteiger partial charge in [-0.15, -0.1) is 0 Å². The number of ether oxygens (including phenoxy) is 1. The number of nitrogens with two attached hydrogens (primary N) is 1. The van der Waals surface area contributed by atoms with Crippen LogP contribution in [0.2, 0.25) is 0 Å². The molecule has 1 aliphatic rings. The fourth-order valence-corrected chi connectivity index (χ4v) is 4.69. The van der Waals surface area contributed by atoms with E-state index in [1.165, 1.54) is 17.2 Å². The molecule has 5 N–H and O–H groups in total. The average molecular weight is 493 g/mol. The third-order valence-corrected chi connectivity index (χ3v) is 6.35. The molecule has 0 saturated carbocycles.